The van der Waals surface area contributed by atoms with E-state index >= 15 is 4.39 Å². The second-order valence-corrected chi connectivity index (χ2v) is 9.95. The molecule has 0 bridgehead atoms. The summed E-state index contributed by atoms with van der Waals surface area (Å²) in [6.07, 6.45) is 4.64. The van der Waals surface area contributed by atoms with Gasteiger partial charge in [-0.05, 0) is 60.2 Å². The first-order chi connectivity index (χ1) is 12.6. The van der Waals surface area contributed by atoms with Gasteiger partial charge in [0.05, 0.1) is 12.0 Å². The van der Waals surface area contributed by atoms with E-state index in [1.807, 2.05) is 6.92 Å². The number of halogens is 2. The van der Waals surface area contributed by atoms with Crippen molar-refractivity contribution in [1.82, 2.24) is 0 Å². The topological polar surface area (TPSA) is 54.4 Å². The summed E-state index contributed by atoms with van der Waals surface area (Å²) in [6, 6.07) is 0. The number of allylic oxidation sites excluding steroid dienone is 4. The van der Waals surface area contributed by atoms with E-state index < -0.39 is 17.7 Å². The SMILES string of the molecule is C[C@@H]1C[C@H]2[C@@H]3C[C@H](F)C4=CC(=O)C=C[C@]4(C)[C@H]3[C@@H](O)C[C@]2(C)[C@H]1C(=O)CCl. The maximum absolute atomic E-state index is 15.2. The summed E-state index contributed by atoms with van der Waals surface area (Å²) in [5.41, 5.74) is -0.481. The Labute approximate surface area is 165 Å². The third-order valence-corrected chi connectivity index (χ3v) is 8.56. The molecular formula is C22H28ClFO3. The Balaban J connectivity index is 1.77. The fraction of sp³-hybridized carbons (Fsp3) is 0.727. The van der Waals surface area contributed by atoms with Gasteiger partial charge in [-0.25, -0.2) is 4.39 Å². The minimum absolute atomic E-state index is 0.00988. The Morgan fingerprint density at radius 3 is 2.74 bits per heavy atom. The molecule has 0 aromatic rings. The molecule has 1 N–H and O–H groups in total. The van der Waals surface area contributed by atoms with Gasteiger partial charge in [0.25, 0.3) is 0 Å². The van der Waals surface area contributed by atoms with Crippen LogP contribution in [0.3, 0.4) is 0 Å². The van der Waals surface area contributed by atoms with E-state index in [0.717, 1.165) is 6.42 Å². The van der Waals surface area contributed by atoms with Crippen LogP contribution in [0.25, 0.3) is 0 Å². The molecule has 0 radical (unpaired) electrons. The van der Waals surface area contributed by atoms with Crippen LogP contribution in [0.2, 0.25) is 0 Å². The van der Waals surface area contributed by atoms with Gasteiger partial charge in [-0.2, -0.15) is 0 Å². The number of Topliss-reactive ketones (excluding diaryl/α,β-unsaturated/α-hetero) is 1. The van der Waals surface area contributed by atoms with Crippen molar-refractivity contribution in [1.29, 1.82) is 0 Å². The second-order valence-electron chi connectivity index (χ2n) is 9.69. The standard InChI is InChI=1S/C22H28ClFO3/c1-11-6-14-13-8-16(24)15-7-12(25)4-5-21(15,2)20(13)17(26)9-22(14,3)19(11)18(27)10-23/h4-5,7,11,13-14,16-17,19-20,26H,6,8-10H2,1-3H3/t11-,13+,14+,16+,17+,19-,20-,21+,22+/m1/s1. The van der Waals surface area contributed by atoms with Crippen molar-refractivity contribution in [3.8, 4) is 0 Å². The van der Waals surface area contributed by atoms with E-state index in [1.165, 1.54) is 12.2 Å². The lowest BCUT2D eigenvalue weighted by atomic mass is 9.46. The van der Waals surface area contributed by atoms with E-state index in [1.54, 1.807) is 6.08 Å². The highest BCUT2D eigenvalue weighted by Gasteiger charge is 2.65. The zero-order chi connectivity index (χ0) is 19.7. The number of aliphatic hydroxyl groups excluding tert-OH is 1. The number of hydrogen-bond donors (Lipinski definition) is 1. The number of hydrogen-bond acceptors (Lipinski definition) is 3. The number of carbonyl (C=O) groups is 2. The van der Waals surface area contributed by atoms with Gasteiger partial charge in [-0.15, -0.1) is 11.6 Å². The van der Waals surface area contributed by atoms with Crippen LogP contribution in [0, 0.1) is 40.4 Å². The van der Waals surface area contributed by atoms with Crippen LogP contribution in [0.5, 0.6) is 0 Å². The van der Waals surface area contributed by atoms with E-state index in [0.29, 0.717) is 18.4 Å². The van der Waals surface area contributed by atoms with Crippen molar-refractivity contribution in [2.75, 3.05) is 5.88 Å². The van der Waals surface area contributed by atoms with Crippen LogP contribution in [0.1, 0.15) is 40.0 Å². The molecule has 0 aliphatic heterocycles. The Bertz CT molecular complexity index is 746. The Hall–Kier alpha value is -1.00. The lowest BCUT2D eigenvalue weighted by Gasteiger charge is -2.59. The molecule has 0 aromatic heterocycles. The monoisotopic (exact) mass is 394 g/mol. The summed E-state index contributed by atoms with van der Waals surface area (Å²) < 4.78 is 15.2. The fourth-order valence-corrected chi connectivity index (χ4v) is 7.64. The van der Waals surface area contributed by atoms with E-state index in [4.69, 9.17) is 11.6 Å². The number of ketones is 2. The molecule has 0 amide bonds. The van der Waals surface area contributed by atoms with Gasteiger partial charge in [0, 0.05) is 17.3 Å². The summed E-state index contributed by atoms with van der Waals surface area (Å²) >= 11 is 5.89. The number of carbonyl (C=O) groups excluding carboxylic acids is 2. The zero-order valence-corrected chi connectivity index (χ0v) is 16.9. The van der Waals surface area contributed by atoms with Crippen molar-refractivity contribution in [2.24, 2.45) is 40.4 Å². The molecule has 9 atom stereocenters. The van der Waals surface area contributed by atoms with E-state index in [9.17, 15) is 14.7 Å². The van der Waals surface area contributed by atoms with E-state index in [-0.39, 0.29) is 52.5 Å². The molecule has 4 rings (SSSR count). The normalized spacial score (nSPS) is 51.3. The van der Waals surface area contributed by atoms with Crippen molar-refractivity contribution in [3.63, 3.8) is 0 Å². The van der Waals surface area contributed by atoms with Gasteiger partial charge in [-0.1, -0.05) is 26.8 Å². The third kappa shape index (κ3) is 2.55. The first-order valence-electron chi connectivity index (χ1n) is 9.99. The van der Waals surface area contributed by atoms with Crippen molar-refractivity contribution < 1.29 is 19.1 Å². The van der Waals surface area contributed by atoms with Gasteiger partial charge in [-0.3, -0.25) is 9.59 Å². The Morgan fingerprint density at radius 1 is 1.37 bits per heavy atom. The Morgan fingerprint density at radius 2 is 2.07 bits per heavy atom. The summed E-state index contributed by atoms with van der Waals surface area (Å²) in [5.74, 6) is -0.100. The minimum Gasteiger partial charge on any atom is -0.393 e. The van der Waals surface area contributed by atoms with Crippen LogP contribution in [-0.4, -0.2) is 34.8 Å². The van der Waals surface area contributed by atoms with E-state index in [2.05, 4.69) is 13.8 Å². The molecule has 0 saturated heterocycles. The van der Waals surface area contributed by atoms with Crippen LogP contribution in [0.4, 0.5) is 4.39 Å². The van der Waals surface area contributed by atoms with Gasteiger partial charge in [0.15, 0.2) is 11.6 Å². The molecule has 3 nitrogen and oxygen atoms in total. The number of fused-ring (bicyclic) bond motifs is 5. The largest absolute Gasteiger partial charge is 0.393 e. The average molecular weight is 395 g/mol. The van der Waals surface area contributed by atoms with Crippen LogP contribution in [-0.2, 0) is 9.59 Å². The quantitative estimate of drug-likeness (QED) is 0.723. The molecule has 27 heavy (non-hydrogen) atoms. The minimum atomic E-state index is -1.18. The summed E-state index contributed by atoms with van der Waals surface area (Å²) in [5, 5.41) is 11.2. The second kappa shape index (κ2) is 6.25. The highest BCUT2D eigenvalue weighted by molar-refractivity contribution is 6.28. The lowest BCUT2D eigenvalue weighted by Crippen LogP contribution is -2.58. The van der Waals surface area contributed by atoms with Gasteiger partial charge >= 0.3 is 0 Å². The first kappa shape index (κ1) is 19.3. The average Bonchev–Trinajstić information content (AvgIpc) is 2.85. The third-order valence-electron chi connectivity index (χ3n) is 8.30. The first-order valence-corrected chi connectivity index (χ1v) is 10.5. The molecule has 148 valence electrons. The molecule has 0 aromatic carbocycles. The maximum Gasteiger partial charge on any atom is 0.178 e. The fourth-order valence-electron chi connectivity index (χ4n) is 7.47. The van der Waals surface area contributed by atoms with Crippen LogP contribution in [0.15, 0.2) is 23.8 Å². The lowest BCUT2D eigenvalue weighted by molar-refractivity contribution is -0.141. The Kier molecular flexibility index (Phi) is 4.47. The molecule has 5 heteroatoms. The van der Waals surface area contributed by atoms with Crippen molar-refractivity contribution in [2.45, 2.75) is 52.3 Å². The smallest absolute Gasteiger partial charge is 0.178 e. The van der Waals surface area contributed by atoms with Crippen molar-refractivity contribution in [3.05, 3.63) is 23.8 Å². The molecule has 3 fully saturated rings. The summed E-state index contributed by atoms with van der Waals surface area (Å²) in [7, 11) is 0. The van der Waals surface area contributed by atoms with Crippen molar-refractivity contribution >= 4 is 23.2 Å². The van der Waals surface area contributed by atoms with Crippen LogP contribution < -0.4 is 0 Å². The predicted octanol–water partition coefficient (Wildman–Crippen LogP) is 3.88. The molecule has 4 aliphatic rings. The van der Waals surface area contributed by atoms with Gasteiger partial charge < -0.3 is 5.11 Å². The summed E-state index contributed by atoms with van der Waals surface area (Å²) in [4.78, 5) is 24.4. The number of alkyl halides is 2. The number of aliphatic hydroxyl groups is 1. The van der Waals surface area contributed by atoms with Gasteiger partial charge in [0.1, 0.15) is 6.17 Å². The molecule has 0 heterocycles. The van der Waals surface area contributed by atoms with Crippen LogP contribution >= 0.6 is 11.6 Å². The summed E-state index contributed by atoms with van der Waals surface area (Å²) in [6.45, 7) is 6.13. The molecular weight excluding hydrogens is 367 g/mol. The van der Waals surface area contributed by atoms with Gasteiger partial charge in [0.2, 0.25) is 0 Å². The molecule has 4 aliphatic carbocycles. The highest BCUT2D eigenvalue weighted by Crippen LogP contribution is 2.67. The molecule has 3 saturated carbocycles. The number of rotatable bonds is 2. The predicted molar refractivity (Wildman–Crippen MR) is 102 cm³/mol. The molecule has 0 unspecified atom stereocenters. The maximum atomic E-state index is 15.2. The zero-order valence-electron chi connectivity index (χ0n) is 16.1. The molecule has 0 spiro atoms. The highest BCUT2D eigenvalue weighted by atomic mass is 35.5.